The number of aliphatic hydroxyl groups is 1. The maximum atomic E-state index is 10.5. The fourth-order valence-corrected chi connectivity index (χ4v) is 0.620. The summed E-state index contributed by atoms with van der Waals surface area (Å²) in [5.41, 5.74) is 0. The summed E-state index contributed by atoms with van der Waals surface area (Å²) in [6.07, 6.45) is 2.39. The normalized spacial score (nSPS) is 14.7. The van der Waals surface area contributed by atoms with Crippen LogP contribution in [0.4, 0.5) is 0 Å². The smallest absolute Gasteiger partial charge is 0.332 e. The third-order valence-corrected chi connectivity index (χ3v) is 1.43. The highest BCUT2D eigenvalue weighted by Gasteiger charge is 2.06. The zero-order chi connectivity index (χ0) is 10.8. The van der Waals surface area contributed by atoms with Gasteiger partial charge in [0.1, 0.15) is 0 Å². The van der Waals surface area contributed by atoms with E-state index in [0.717, 1.165) is 32.1 Å². The largest absolute Gasteiger partial charge is 0.433 e. The average Bonchev–Trinajstić information content (AvgIpc) is 3.01. The van der Waals surface area contributed by atoms with Crippen LogP contribution in [0, 0.1) is 0 Å². The molecular formula is C10H18O4. The van der Waals surface area contributed by atoms with Gasteiger partial charge in [-0.3, -0.25) is 0 Å². The van der Waals surface area contributed by atoms with Crippen LogP contribution >= 0.6 is 0 Å². The van der Waals surface area contributed by atoms with Crippen LogP contribution in [0.1, 0.15) is 26.2 Å². The van der Waals surface area contributed by atoms with Gasteiger partial charge in [0, 0.05) is 12.5 Å². The van der Waals surface area contributed by atoms with E-state index in [9.17, 15) is 4.79 Å². The van der Waals surface area contributed by atoms with Crippen molar-refractivity contribution in [1.82, 2.24) is 0 Å². The van der Waals surface area contributed by atoms with Gasteiger partial charge in [0.25, 0.3) is 0 Å². The molecule has 0 aromatic heterocycles. The Morgan fingerprint density at radius 2 is 2.29 bits per heavy atom. The zero-order valence-corrected chi connectivity index (χ0v) is 8.57. The molecule has 1 fully saturated rings. The van der Waals surface area contributed by atoms with Crippen molar-refractivity contribution in [3.8, 4) is 0 Å². The maximum absolute atomic E-state index is 10.5. The van der Waals surface area contributed by atoms with Gasteiger partial charge in [-0.15, -0.1) is 0 Å². The number of ether oxygens (including phenoxy) is 2. The fourth-order valence-electron chi connectivity index (χ4n) is 0.620. The van der Waals surface area contributed by atoms with Crippen LogP contribution < -0.4 is 0 Å². The minimum atomic E-state index is -0.972. The summed E-state index contributed by atoms with van der Waals surface area (Å²) in [5.74, 6) is -0.575. The van der Waals surface area contributed by atoms with Crippen LogP contribution in [0.15, 0.2) is 12.7 Å². The van der Waals surface area contributed by atoms with E-state index in [4.69, 9.17) is 5.11 Å². The van der Waals surface area contributed by atoms with Gasteiger partial charge in [0.05, 0.1) is 13.2 Å². The average molecular weight is 202 g/mol. The van der Waals surface area contributed by atoms with Crippen LogP contribution in [-0.4, -0.2) is 30.6 Å². The van der Waals surface area contributed by atoms with Gasteiger partial charge >= 0.3 is 5.97 Å². The molecule has 0 aromatic carbocycles. The second-order valence-electron chi connectivity index (χ2n) is 2.85. The lowest BCUT2D eigenvalue weighted by Crippen LogP contribution is -2.15. The number of rotatable bonds is 5. The first kappa shape index (κ1) is 13.1. The maximum Gasteiger partial charge on any atom is 0.332 e. The first-order valence-corrected chi connectivity index (χ1v) is 4.79. The Balaban J connectivity index is 0.000000469. The Kier molecular flexibility index (Phi) is 8.17. The number of hydrogen-bond acceptors (Lipinski definition) is 4. The van der Waals surface area contributed by atoms with Crippen molar-refractivity contribution in [3.63, 3.8) is 0 Å². The Hall–Kier alpha value is -0.870. The summed E-state index contributed by atoms with van der Waals surface area (Å²) >= 11 is 0. The van der Waals surface area contributed by atoms with Crippen LogP contribution in [-0.2, 0) is 14.3 Å². The molecule has 82 valence electrons. The van der Waals surface area contributed by atoms with Gasteiger partial charge in [-0.2, -0.15) is 0 Å². The zero-order valence-electron chi connectivity index (χ0n) is 8.57. The standard InChI is InChI=1S/C8H14O3.C2H4O/c1-3-5-6-8(10)11-7(9)4-2;1-2-3-1/h4,8,10H,2-3,5-6H2,1H3;1-2H2. The van der Waals surface area contributed by atoms with Crippen LogP contribution in [0.2, 0.25) is 0 Å². The molecule has 1 atom stereocenters. The molecule has 0 saturated carbocycles. The molecule has 1 rings (SSSR count). The second kappa shape index (κ2) is 8.72. The molecule has 1 unspecified atom stereocenters. The van der Waals surface area contributed by atoms with Gasteiger partial charge in [-0.25, -0.2) is 4.79 Å². The Morgan fingerprint density at radius 1 is 1.71 bits per heavy atom. The van der Waals surface area contributed by atoms with Gasteiger partial charge < -0.3 is 14.6 Å². The highest BCUT2D eigenvalue weighted by atomic mass is 16.6. The molecule has 1 N–H and O–H groups in total. The van der Waals surface area contributed by atoms with E-state index < -0.39 is 12.3 Å². The van der Waals surface area contributed by atoms with Crippen molar-refractivity contribution in [2.75, 3.05) is 13.2 Å². The summed E-state index contributed by atoms with van der Waals surface area (Å²) < 4.78 is 9.00. The number of hydrogen-bond donors (Lipinski definition) is 1. The molecule has 1 aliphatic rings. The molecule has 4 heteroatoms. The molecule has 14 heavy (non-hydrogen) atoms. The van der Waals surface area contributed by atoms with Gasteiger partial charge in [0.2, 0.25) is 6.29 Å². The second-order valence-corrected chi connectivity index (χ2v) is 2.85. The van der Waals surface area contributed by atoms with Gasteiger partial charge in [-0.1, -0.05) is 19.9 Å². The Bertz CT molecular complexity index is 163. The molecule has 0 radical (unpaired) electrons. The molecule has 1 saturated heterocycles. The molecular weight excluding hydrogens is 184 g/mol. The molecule has 1 heterocycles. The number of unbranched alkanes of at least 4 members (excludes halogenated alkanes) is 1. The van der Waals surface area contributed by atoms with Crippen molar-refractivity contribution >= 4 is 5.97 Å². The Labute approximate surface area is 84.5 Å². The number of esters is 1. The van der Waals surface area contributed by atoms with Crippen molar-refractivity contribution in [1.29, 1.82) is 0 Å². The molecule has 0 amide bonds. The van der Waals surface area contributed by atoms with Crippen molar-refractivity contribution in [2.24, 2.45) is 0 Å². The predicted octanol–water partition coefficient (Wildman–Crippen LogP) is 1.24. The topological polar surface area (TPSA) is 59.1 Å². The summed E-state index contributed by atoms with van der Waals surface area (Å²) in [6.45, 7) is 7.21. The van der Waals surface area contributed by atoms with Gasteiger partial charge in [0.15, 0.2) is 0 Å². The third-order valence-electron chi connectivity index (χ3n) is 1.43. The quantitative estimate of drug-likeness (QED) is 0.315. The van der Waals surface area contributed by atoms with E-state index in [2.05, 4.69) is 16.1 Å². The lowest BCUT2D eigenvalue weighted by Gasteiger charge is -2.08. The molecule has 4 nitrogen and oxygen atoms in total. The molecule has 0 spiro atoms. The highest BCUT2D eigenvalue weighted by molar-refractivity contribution is 5.81. The SMILES string of the molecule is C1CO1.C=CC(=O)OC(O)CCCC. The summed E-state index contributed by atoms with van der Waals surface area (Å²) in [7, 11) is 0. The van der Waals surface area contributed by atoms with Crippen LogP contribution in [0.5, 0.6) is 0 Å². The van der Waals surface area contributed by atoms with Crippen LogP contribution in [0.25, 0.3) is 0 Å². The van der Waals surface area contributed by atoms with Crippen molar-refractivity contribution in [2.45, 2.75) is 32.5 Å². The Morgan fingerprint density at radius 3 is 2.64 bits per heavy atom. The fraction of sp³-hybridized carbons (Fsp3) is 0.700. The number of epoxide rings is 1. The van der Waals surface area contributed by atoms with E-state index in [0.29, 0.717) is 6.42 Å². The van der Waals surface area contributed by atoms with Gasteiger partial charge in [-0.05, 0) is 6.42 Å². The minimum Gasteiger partial charge on any atom is -0.433 e. The van der Waals surface area contributed by atoms with E-state index in [1.165, 1.54) is 0 Å². The summed E-state index contributed by atoms with van der Waals surface area (Å²) in [5, 5.41) is 8.99. The van der Waals surface area contributed by atoms with E-state index in [1.807, 2.05) is 6.92 Å². The highest BCUT2D eigenvalue weighted by Crippen LogP contribution is 2.01. The summed E-state index contributed by atoms with van der Waals surface area (Å²) in [4.78, 5) is 10.5. The number of carbonyl (C=O) groups excluding carboxylic acids is 1. The number of carbonyl (C=O) groups is 1. The summed E-state index contributed by atoms with van der Waals surface area (Å²) in [6, 6.07) is 0. The monoisotopic (exact) mass is 202 g/mol. The first-order chi connectivity index (χ1) is 6.70. The van der Waals surface area contributed by atoms with Crippen LogP contribution in [0.3, 0.4) is 0 Å². The third kappa shape index (κ3) is 11.1. The predicted molar refractivity (Wildman–Crippen MR) is 52.6 cm³/mol. The van der Waals surface area contributed by atoms with Crippen molar-refractivity contribution < 1.29 is 19.4 Å². The molecule has 0 bridgehead atoms. The van der Waals surface area contributed by atoms with E-state index in [1.54, 1.807) is 0 Å². The first-order valence-electron chi connectivity index (χ1n) is 4.79. The molecule has 0 aromatic rings. The van der Waals surface area contributed by atoms with E-state index in [-0.39, 0.29) is 0 Å². The number of aliphatic hydroxyl groups excluding tert-OH is 1. The minimum absolute atomic E-state index is 0.496. The lowest BCUT2D eigenvalue weighted by atomic mass is 10.2. The lowest BCUT2D eigenvalue weighted by molar-refractivity contribution is -0.162. The van der Waals surface area contributed by atoms with E-state index >= 15 is 0 Å². The molecule has 1 aliphatic heterocycles. The van der Waals surface area contributed by atoms with Crippen molar-refractivity contribution in [3.05, 3.63) is 12.7 Å². The molecule has 0 aliphatic carbocycles.